The molecule has 0 spiro atoms. The molecule has 2 aromatic rings. The summed E-state index contributed by atoms with van der Waals surface area (Å²) >= 11 is -0.516. The van der Waals surface area contributed by atoms with Crippen molar-refractivity contribution in [2.24, 2.45) is 0 Å². The van der Waals surface area contributed by atoms with Crippen molar-refractivity contribution in [3.05, 3.63) is 41.8 Å². The molecule has 0 saturated heterocycles. The minimum atomic E-state index is -2.36. The van der Waals surface area contributed by atoms with Crippen molar-refractivity contribution in [3.8, 4) is 0 Å². The quantitative estimate of drug-likeness (QED) is 0.303. The molecule has 0 aliphatic rings. The van der Waals surface area contributed by atoms with Crippen LogP contribution in [-0.4, -0.2) is 18.4 Å². The molecule has 0 aliphatic carbocycles. The second kappa shape index (κ2) is 10.0. The van der Waals surface area contributed by atoms with Crippen LogP contribution in [0.2, 0.25) is 13.3 Å². The molecule has 0 N–H and O–H groups in total. The molecule has 132 valence electrons. The van der Waals surface area contributed by atoms with E-state index in [0.717, 1.165) is 0 Å². The maximum atomic E-state index is 4.74. The van der Waals surface area contributed by atoms with Crippen molar-refractivity contribution in [2.45, 2.75) is 72.6 Å². The zero-order valence-corrected chi connectivity index (χ0v) is 19.5. The number of rotatable bonds is 11. The summed E-state index contributed by atoms with van der Waals surface area (Å²) in [5.74, 6) is 0. The van der Waals surface area contributed by atoms with E-state index < -0.39 is 18.4 Å². The van der Waals surface area contributed by atoms with Gasteiger partial charge in [0.2, 0.25) is 0 Å². The van der Waals surface area contributed by atoms with E-state index in [9.17, 15) is 0 Å². The molecule has 1 aromatic heterocycles. The Morgan fingerprint density at radius 3 is 2.04 bits per heavy atom. The Morgan fingerprint density at radius 2 is 1.50 bits per heavy atom. The summed E-state index contributed by atoms with van der Waals surface area (Å²) < 4.78 is 7.53. The Balaban J connectivity index is 2.34. The average Bonchev–Trinajstić information content (AvgIpc) is 3.08. The molecule has 0 nitrogen and oxygen atoms in total. The van der Waals surface area contributed by atoms with Crippen molar-refractivity contribution >= 4 is 43.4 Å². The second-order valence-corrected chi connectivity index (χ2v) is 21.5. The van der Waals surface area contributed by atoms with Crippen LogP contribution in [0.15, 0.2) is 36.2 Å². The van der Waals surface area contributed by atoms with Crippen molar-refractivity contribution in [2.75, 3.05) is 0 Å². The van der Waals surface area contributed by atoms with Crippen LogP contribution in [0.5, 0.6) is 0 Å². The molecule has 1 aromatic carbocycles. The number of thiophene rings is 1. The van der Waals surface area contributed by atoms with Gasteiger partial charge in [-0.05, 0) is 0 Å². The van der Waals surface area contributed by atoms with Crippen molar-refractivity contribution in [1.29, 1.82) is 0 Å². The molecule has 0 saturated carbocycles. The van der Waals surface area contributed by atoms with Crippen LogP contribution in [0.3, 0.4) is 0 Å². The number of fused-ring (bicyclic) bond motifs is 1. The standard InChI is InChI=1S/C10H7S.3C4H9.Sn/c1-2-8-3-4-10-9(7-8)5-6-11-10;3*1-3-4-2;/h3-7H,1H2;3*1,3-4H2,2H3;. The number of unbranched alkanes of at least 4 members (excludes halogenated alkanes) is 3. The van der Waals surface area contributed by atoms with Crippen LogP contribution in [0, 0.1) is 0 Å². The molecular weight excluding hydrogens is 415 g/mol. The van der Waals surface area contributed by atoms with E-state index in [2.05, 4.69) is 50.4 Å². The summed E-state index contributed by atoms with van der Waals surface area (Å²) in [7, 11) is 0. The zero-order chi connectivity index (χ0) is 17.4. The van der Waals surface area contributed by atoms with Gasteiger partial charge in [0.15, 0.2) is 0 Å². The van der Waals surface area contributed by atoms with Crippen molar-refractivity contribution in [1.82, 2.24) is 0 Å². The van der Waals surface area contributed by atoms with Crippen molar-refractivity contribution < 1.29 is 0 Å². The van der Waals surface area contributed by atoms with Gasteiger partial charge in [-0.15, -0.1) is 0 Å². The molecule has 0 radical (unpaired) electrons. The van der Waals surface area contributed by atoms with Gasteiger partial charge >= 0.3 is 158 Å². The summed E-state index contributed by atoms with van der Waals surface area (Å²) in [5.41, 5.74) is 1.46. The fraction of sp³-hybridized carbons (Fsp3) is 0.545. The van der Waals surface area contributed by atoms with E-state index in [4.69, 9.17) is 6.58 Å². The van der Waals surface area contributed by atoms with E-state index in [1.807, 2.05) is 11.3 Å². The van der Waals surface area contributed by atoms with Gasteiger partial charge in [0.1, 0.15) is 0 Å². The van der Waals surface area contributed by atoms with Gasteiger partial charge in [0.25, 0.3) is 0 Å². The second-order valence-electron chi connectivity index (χ2n) is 7.24. The third-order valence-electron chi connectivity index (χ3n) is 5.47. The van der Waals surface area contributed by atoms with Crippen molar-refractivity contribution in [3.63, 3.8) is 0 Å². The summed E-state index contributed by atoms with van der Waals surface area (Å²) in [6, 6.07) is 9.36. The number of hydrogen-bond acceptors (Lipinski definition) is 1. The predicted molar refractivity (Wildman–Crippen MR) is 116 cm³/mol. The van der Waals surface area contributed by atoms with Gasteiger partial charge in [-0.25, -0.2) is 0 Å². The first-order valence-electron chi connectivity index (χ1n) is 9.84. The van der Waals surface area contributed by atoms with Crippen LogP contribution in [-0.2, 0) is 0 Å². The van der Waals surface area contributed by atoms with Crippen LogP contribution in [0.1, 0.15) is 64.9 Å². The zero-order valence-electron chi connectivity index (χ0n) is 15.9. The first kappa shape index (κ1) is 20.0. The molecule has 0 amide bonds. The average molecular weight is 449 g/mol. The van der Waals surface area contributed by atoms with E-state index >= 15 is 0 Å². The molecule has 0 bridgehead atoms. The fourth-order valence-electron chi connectivity index (χ4n) is 3.83. The van der Waals surface area contributed by atoms with Crippen LogP contribution in [0.4, 0.5) is 0 Å². The minimum absolute atomic E-state index is 1.33. The SMILES string of the molecule is C=[C](c1ccc2sccc2c1)[Sn]([CH2]CCC)([CH2]CCC)[CH2]CCC. The molecule has 0 unspecified atom stereocenters. The van der Waals surface area contributed by atoms with Crippen LogP contribution < -0.4 is 0 Å². The third kappa shape index (κ3) is 4.88. The van der Waals surface area contributed by atoms with Gasteiger partial charge in [-0.1, -0.05) is 0 Å². The Labute approximate surface area is 157 Å². The van der Waals surface area contributed by atoms with E-state index in [1.54, 1.807) is 3.59 Å². The van der Waals surface area contributed by atoms with Crippen LogP contribution >= 0.6 is 11.3 Å². The summed E-state index contributed by atoms with van der Waals surface area (Å²) in [6.07, 6.45) is 8.20. The Hall–Kier alpha value is -0.281. The van der Waals surface area contributed by atoms with E-state index in [0.29, 0.717) is 0 Å². The Morgan fingerprint density at radius 1 is 0.917 bits per heavy atom. The Bertz CT molecular complexity index is 618. The Kier molecular flexibility index (Phi) is 8.36. The summed E-state index contributed by atoms with van der Waals surface area (Å²) in [6.45, 7) is 11.8. The molecule has 1 heterocycles. The van der Waals surface area contributed by atoms with Crippen LogP contribution in [0.25, 0.3) is 13.7 Å². The summed E-state index contributed by atoms with van der Waals surface area (Å²) in [4.78, 5) is 0. The first-order chi connectivity index (χ1) is 11.7. The fourth-order valence-corrected chi connectivity index (χ4v) is 20.3. The molecule has 24 heavy (non-hydrogen) atoms. The van der Waals surface area contributed by atoms with Gasteiger partial charge in [-0.2, -0.15) is 0 Å². The van der Waals surface area contributed by atoms with E-state index in [-0.39, 0.29) is 0 Å². The third-order valence-corrected chi connectivity index (χ3v) is 22.1. The molecule has 0 fully saturated rings. The number of hydrogen-bond donors (Lipinski definition) is 0. The van der Waals surface area contributed by atoms with Gasteiger partial charge < -0.3 is 0 Å². The molecule has 0 aliphatic heterocycles. The maximum absolute atomic E-state index is 4.74. The first-order valence-corrected chi connectivity index (χ1v) is 18.2. The molecular formula is C22H34SSn. The monoisotopic (exact) mass is 450 g/mol. The van der Waals surface area contributed by atoms with Gasteiger partial charge in [0, 0.05) is 0 Å². The molecule has 2 rings (SSSR count). The normalized spacial score (nSPS) is 12.0. The topological polar surface area (TPSA) is 0 Å². The molecule has 0 atom stereocenters. The van der Waals surface area contributed by atoms with Gasteiger partial charge in [0.05, 0.1) is 0 Å². The number of benzene rings is 1. The van der Waals surface area contributed by atoms with E-state index in [1.165, 1.54) is 67.5 Å². The predicted octanol–water partition coefficient (Wildman–Crippen LogP) is 8.30. The summed E-state index contributed by atoms with van der Waals surface area (Å²) in [5, 5.41) is 3.61. The molecule has 2 heteroatoms. The van der Waals surface area contributed by atoms with Gasteiger partial charge in [-0.3, -0.25) is 0 Å².